The Morgan fingerprint density at radius 1 is 1.33 bits per heavy atom. The van der Waals surface area contributed by atoms with Crippen LogP contribution in [0.2, 0.25) is 0 Å². The molecule has 130 valence electrons. The highest BCUT2D eigenvalue weighted by Gasteiger charge is 2.34. The Bertz CT molecular complexity index is 617. The molecule has 1 aromatic rings. The summed E-state index contributed by atoms with van der Waals surface area (Å²) in [5.74, 6) is -0.919. The summed E-state index contributed by atoms with van der Waals surface area (Å²) >= 11 is 0. The fraction of sp³-hybridized carbons (Fsp3) is 0.438. The van der Waals surface area contributed by atoms with Gasteiger partial charge in [-0.1, -0.05) is 12.1 Å². The highest BCUT2D eigenvalue weighted by molar-refractivity contribution is 5.90. The predicted molar refractivity (Wildman–Crippen MR) is 85.2 cm³/mol. The molecule has 0 aliphatic carbocycles. The van der Waals surface area contributed by atoms with Crippen molar-refractivity contribution in [1.82, 2.24) is 15.1 Å². The number of carbonyl (C=O) groups is 3. The summed E-state index contributed by atoms with van der Waals surface area (Å²) in [5.41, 5.74) is 0.918. The van der Waals surface area contributed by atoms with Crippen molar-refractivity contribution in [3.63, 3.8) is 0 Å². The minimum absolute atomic E-state index is 0.0295. The fourth-order valence-electron chi connectivity index (χ4n) is 2.54. The highest BCUT2D eigenvalue weighted by Crippen LogP contribution is 2.14. The van der Waals surface area contributed by atoms with Crippen LogP contribution in [0.5, 0.6) is 5.75 Å². The largest absolute Gasteiger partial charge is 0.497 e. The molecule has 1 atom stereocenters. The van der Waals surface area contributed by atoms with Crippen LogP contribution in [0, 0.1) is 0 Å². The van der Waals surface area contributed by atoms with Crippen LogP contribution in [-0.2, 0) is 20.9 Å². The Morgan fingerprint density at radius 3 is 2.58 bits per heavy atom. The van der Waals surface area contributed by atoms with Gasteiger partial charge in [-0.2, -0.15) is 0 Å². The second-order valence-corrected chi connectivity index (χ2v) is 5.67. The van der Waals surface area contributed by atoms with Gasteiger partial charge in [0.05, 0.1) is 26.2 Å². The summed E-state index contributed by atoms with van der Waals surface area (Å²) in [6, 6.07) is 6.72. The second kappa shape index (κ2) is 7.78. The number of carbonyl (C=O) groups excluding carboxylic acids is 2. The topological polar surface area (TPSA) is 99.2 Å². The third-order valence-corrected chi connectivity index (χ3v) is 3.90. The van der Waals surface area contributed by atoms with E-state index in [0.717, 1.165) is 11.3 Å². The van der Waals surface area contributed by atoms with Crippen molar-refractivity contribution in [1.29, 1.82) is 0 Å². The maximum atomic E-state index is 12.3. The van der Waals surface area contributed by atoms with Gasteiger partial charge in [0.1, 0.15) is 12.3 Å². The summed E-state index contributed by atoms with van der Waals surface area (Å²) in [5, 5.41) is 11.6. The molecular formula is C16H21N3O5. The van der Waals surface area contributed by atoms with Crippen molar-refractivity contribution >= 4 is 17.8 Å². The molecule has 2 amide bonds. The van der Waals surface area contributed by atoms with Gasteiger partial charge in [-0.3, -0.25) is 19.3 Å². The zero-order valence-corrected chi connectivity index (χ0v) is 13.7. The first kappa shape index (κ1) is 17.7. The number of hydrogen-bond acceptors (Lipinski definition) is 5. The molecule has 0 saturated carbocycles. The molecule has 1 aliphatic rings. The molecule has 0 radical (unpaired) electrons. The van der Waals surface area contributed by atoms with Crippen LogP contribution in [0.4, 0.5) is 0 Å². The maximum absolute atomic E-state index is 12.3. The molecule has 0 aromatic heterocycles. The summed E-state index contributed by atoms with van der Waals surface area (Å²) in [6.45, 7) is 0.106. The van der Waals surface area contributed by atoms with E-state index in [2.05, 4.69) is 5.32 Å². The Labute approximate surface area is 140 Å². The average Bonchev–Trinajstić information content (AvgIpc) is 2.55. The molecule has 2 rings (SSSR count). The number of nitrogens with one attached hydrogen (secondary N) is 1. The van der Waals surface area contributed by atoms with Crippen LogP contribution in [0.15, 0.2) is 24.3 Å². The molecule has 0 spiro atoms. The van der Waals surface area contributed by atoms with E-state index in [1.807, 2.05) is 24.3 Å². The van der Waals surface area contributed by atoms with E-state index >= 15 is 0 Å². The molecule has 8 nitrogen and oxygen atoms in total. The number of nitrogens with zero attached hydrogens (tertiary/aromatic N) is 2. The number of amides is 2. The number of carboxylic acid groups (broad SMARTS) is 1. The number of hydrogen-bond donors (Lipinski definition) is 2. The number of aliphatic carboxylic acids is 1. The molecule has 1 saturated heterocycles. The van der Waals surface area contributed by atoms with E-state index in [1.165, 1.54) is 4.90 Å². The summed E-state index contributed by atoms with van der Waals surface area (Å²) in [4.78, 5) is 37.9. The maximum Gasteiger partial charge on any atom is 0.323 e. The highest BCUT2D eigenvalue weighted by atomic mass is 16.5. The number of rotatable bonds is 6. The first-order valence-electron chi connectivity index (χ1n) is 7.51. The SMILES string of the molecule is COc1ccc(CNC(=O)C2CC(=O)N(CC(=O)O)CN2C)cc1. The second-order valence-electron chi connectivity index (χ2n) is 5.67. The lowest BCUT2D eigenvalue weighted by atomic mass is 10.1. The molecule has 1 unspecified atom stereocenters. The van der Waals surface area contributed by atoms with E-state index < -0.39 is 12.0 Å². The van der Waals surface area contributed by atoms with Gasteiger partial charge in [0.15, 0.2) is 0 Å². The smallest absolute Gasteiger partial charge is 0.323 e. The van der Waals surface area contributed by atoms with Crippen LogP contribution < -0.4 is 10.1 Å². The fourth-order valence-corrected chi connectivity index (χ4v) is 2.54. The van der Waals surface area contributed by atoms with Crippen LogP contribution in [-0.4, -0.2) is 66.1 Å². The lowest BCUT2D eigenvalue weighted by Gasteiger charge is -2.37. The molecule has 2 N–H and O–H groups in total. The molecule has 8 heteroatoms. The Hall–Kier alpha value is -2.61. The van der Waals surface area contributed by atoms with Gasteiger partial charge in [0.25, 0.3) is 0 Å². The number of carboxylic acids is 1. The summed E-state index contributed by atoms with van der Waals surface area (Å²) in [6.07, 6.45) is -0.0295. The molecule has 0 bridgehead atoms. The van der Waals surface area contributed by atoms with Crippen LogP contribution in [0.25, 0.3) is 0 Å². The Morgan fingerprint density at radius 2 is 2.00 bits per heavy atom. The molecule has 1 aliphatic heterocycles. The minimum Gasteiger partial charge on any atom is -0.497 e. The van der Waals surface area contributed by atoms with E-state index in [-0.39, 0.29) is 31.4 Å². The predicted octanol–water partition coefficient (Wildman–Crippen LogP) is -0.114. The van der Waals surface area contributed by atoms with Crippen LogP contribution >= 0.6 is 0 Å². The van der Waals surface area contributed by atoms with Gasteiger partial charge in [-0.25, -0.2) is 0 Å². The molecule has 1 fully saturated rings. The van der Waals surface area contributed by atoms with Crippen molar-refractivity contribution in [2.75, 3.05) is 27.4 Å². The van der Waals surface area contributed by atoms with E-state index in [9.17, 15) is 14.4 Å². The summed E-state index contributed by atoms with van der Waals surface area (Å²) < 4.78 is 5.08. The standard InChI is InChI=1S/C16H21N3O5/c1-18-10-19(9-15(21)22)14(20)7-13(18)16(23)17-8-11-3-5-12(24-2)6-4-11/h3-6,13H,7-10H2,1-2H3,(H,17,23)(H,21,22). The van der Waals surface area contributed by atoms with E-state index in [1.54, 1.807) is 19.1 Å². The van der Waals surface area contributed by atoms with Gasteiger partial charge in [0.2, 0.25) is 11.8 Å². The molecule has 1 aromatic carbocycles. The van der Waals surface area contributed by atoms with Gasteiger partial charge in [0, 0.05) is 6.54 Å². The quantitative estimate of drug-likeness (QED) is 0.752. The average molecular weight is 335 g/mol. The zero-order valence-electron chi connectivity index (χ0n) is 13.7. The van der Waals surface area contributed by atoms with E-state index in [4.69, 9.17) is 9.84 Å². The monoisotopic (exact) mass is 335 g/mol. The number of methoxy groups -OCH3 is 1. The van der Waals surface area contributed by atoms with Gasteiger partial charge in [-0.15, -0.1) is 0 Å². The number of likely N-dealkylation sites (N-methyl/N-ethyl adjacent to an activating group) is 1. The van der Waals surface area contributed by atoms with Crippen molar-refractivity contribution in [2.45, 2.75) is 19.0 Å². The number of benzene rings is 1. The molecule has 1 heterocycles. The third-order valence-electron chi connectivity index (χ3n) is 3.90. The van der Waals surface area contributed by atoms with Gasteiger partial charge < -0.3 is 20.1 Å². The molecule has 24 heavy (non-hydrogen) atoms. The third kappa shape index (κ3) is 4.45. The van der Waals surface area contributed by atoms with Crippen molar-refractivity contribution in [2.24, 2.45) is 0 Å². The van der Waals surface area contributed by atoms with Gasteiger partial charge >= 0.3 is 5.97 Å². The Balaban J connectivity index is 1.90. The van der Waals surface area contributed by atoms with Gasteiger partial charge in [-0.05, 0) is 24.7 Å². The Kier molecular flexibility index (Phi) is 5.75. The van der Waals surface area contributed by atoms with Crippen LogP contribution in [0.1, 0.15) is 12.0 Å². The van der Waals surface area contributed by atoms with E-state index in [0.29, 0.717) is 6.54 Å². The lowest BCUT2D eigenvalue weighted by molar-refractivity contribution is -0.152. The molecular weight excluding hydrogens is 314 g/mol. The number of ether oxygens (including phenoxy) is 1. The van der Waals surface area contributed by atoms with Crippen LogP contribution in [0.3, 0.4) is 0 Å². The normalized spacial score (nSPS) is 18.3. The van der Waals surface area contributed by atoms with Crippen molar-refractivity contribution < 1.29 is 24.2 Å². The zero-order chi connectivity index (χ0) is 17.7. The first-order valence-corrected chi connectivity index (χ1v) is 7.51. The summed E-state index contributed by atoms with van der Waals surface area (Å²) in [7, 11) is 3.28. The minimum atomic E-state index is -1.07. The first-order chi connectivity index (χ1) is 11.4. The lowest BCUT2D eigenvalue weighted by Crippen LogP contribution is -2.57. The van der Waals surface area contributed by atoms with Crippen molar-refractivity contribution in [3.8, 4) is 5.75 Å². The van der Waals surface area contributed by atoms with Crippen molar-refractivity contribution in [3.05, 3.63) is 29.8 Å².